The summed E-state index contributed by atoms with van der Waals surface area (Å²) in [4.78, 5) is 29.0. The van der Waals surface area contributed by atoms with Crippen molar-refractivity contribution >= 4 is 52.2 Å². The Kier molecular flexibility index (Phi) is 6.24. The number of hydrogen-bond donors (Lipinski definition) is 1. The fourth-order valence-electron chi connectivity index (χ4n) is 4.92. The number of rotatable bonds is 4. The predicted octanol–water partition coefficient (Wildman–Crippen LogP) is 4.75. The van der Waals surface area contributed by atoms with Crippen molar-refractivity contribution in [1.82, 2.24) is 9.88 Å². The van der Waals surface area contributed by atoms with Gasteiger partial charge in [-0.05, 0) is 87.2 Å². The predicted molar refractivity (Wildman–Crippen MR) is 144 cm³/mol. The van der Waals surface area contributed by atoms with E-state index in [9.17, 15) is 14.9 Å². The van der Waals surface area contributed by atoms with Crippen molar-refractivity contribution in [1.29, 1.82) is 5.26 Å². The monoisotopic (exact) mass is 516 g/mol. The van der Waals surface area contributed by atoms with Crippen LogP contribution in [-0.2, 0) is 22.4 Å². The second-order valence-corrected chi connectivity index (χ2v) is 10.3. The second kappa shape index (κ2) is 9.37. The van der Waals surface area contributed by atoms with Gasteiger partial charge in [-0.3, -0.25) is 14.9 Å². The van der Waals surface area contributed by atoms with Crippen molar-refractivity contribution in [2.24, 2.45) is 0 Å². The summed E-state index contributed by atoms with van der Waals surface area (Å²) in [5.74, 6) is -0.611. The lowest BCUT2D eigenvalue weighted by atomic mass is 9.96. The Labute approximate surface area is 218 Å². The SMILES string of the molecule is COc1ccccc1N1C(=O)/C(=C/c2cc(C)n(-c3sc4c(c3C#N)CCCC4)c2C)C(=O)NC1=S. The van der Waals surface area contributed by atoms with Crippen molar-refractivity contribution in [3.05, 3.63) is 68.9 Å². The molecule has 9 heteroatoms. The topological polar surface area (TPSA) is 87.4 Å². The van der Waals surface area contributed by atoms with Crippen molar-refractivity contribution in [2.75, 3.05) is 12.0 Å². The Bertz CT molecular complexity index is 1510. The maximum atomic E-state index is 13.5. The zero-order valence-corrected chi connectivity index (χ0v) is 21.8. The van der Waals surface area contributed by atoms with E-state index in [2.05, 4.69) is 16.0 Å². The Hall–Kier alpha value is -3.74. The molecule has 2 aliphatic rings. The van der Waals surface area contributed by atoms with Crippen LogP contribution in [0, 0.1) is 25.2 Å². The van der Waals surface area contributed by atoms with Crippen LogP contribution in [0.3, 0.4) is 0 Å². The first kappa shape index (κ1) is 24.0. The van der Waals surface area contributed by atoms with Gasteiger partial charge >= 0.3 is 0 Å². The van der Waals surface area contributed by atoms with Crippen molar-refractivity contribution in [3.63, 3.8) is 0 Å². The minimum absolute atomic E-state index is 0.0000456. The number of aryl methyl sites for hydroxylation is 2. The lowest BCUT2D eigenvalue weighted by Crippen LogP contribution is -2.54. The number of thiophene rings is 1. The third kappa shape index (κ3) is 3.83. The smallest absolute Gasteiger partial charge is 0.270 e. The van der Waals surface area contributed by atoms with Crippen molar-refractivity contribution in [2.45, 2.75) is 39.5 Å². The third-order valence-corrected chi connectivity index (χ3v) is 8.23. The number of carbonyl (C=O) groups is 2. The minimum atomic E-state index is -0.551. The van der Waals surface area contributed by atoms with Gasteiger partial charge in [-0.15, -0.1) is 11.3 Å². The Morgan fingerprint density at radius 3 is 2.69 bits per heavy atom. The number of anilines is 1. The summed E-state index contributed by atoms with van der Waals surface area (Å²) in [6.07, 6.45) is 5.76. The number of nitrogens with zero attached hydrogens (tertiary/aromatic N) is 3. The van der Waals surface area contributed by atoms with E-state index in [-0.39, 0.29) is 10.7 Å². The van der Waals surface area contributed by atoms with Gasteiger partial charge in [-0.2, -0.15) is 5.26 Å². The molecule has 0 unspecified atom stereocenters. The average molecular weight is 517 g/mol. The molecule has 0 atom stereocenters. The molecule has 1 N–H and O–H groups in total. The lowest BCUT2D eigenvalue weighted by Gasteiger charge is -2.29. The van der Waals surface area contributed by atoms with Gasteiger partial charge in [-0.25, -0.2) is 4.90 Å². The largest absolute Gasteiger partial charge is 0.495 e. The molecule has 1 aromatic carbocycles. The average Bonchev–Trinajstić information content (AvgIpc) is 3.37. The lowest BCUT2D eigenvalue weighted by molar-refractivity contribution is -0.122. The Morgan fingerprint density at radius 1 is 1.19 bits per heavy atom. The summed E-state index contributed by atoms with van der Waals surface area (Å²) in [6.45, 7) is 3.90. The number of nitrogens with one attached hydrogen (secondary N) is 1. The summed E-state index contributed by atoms with van der Waals surface area (Å²) in [6, 6.07) is 11.4. The first-order chi connectivity index (χ1) is 17.3. The van der Waals surface area contributed by atoms with Crippen LogP contribution in [0.1, 0.15) is 45.8 Å². The highest BCUT2D eigenvalue weighted by Crippen LogP contribution is 2.39. The standard InChI is InChI=1S/C27H24N4O3S2/c1-15-12-17(16(2)30(15)26-20(14-28)18-8-4-7-11-23(18)36-26)13-19-24(32)29-27(35)31(25(19)33)21-9-5-6-10-22(21)34-3/h5-6,9-10,12-13H,4,7-8,11H2,1-3H3,(H,29,32,35)/b19-13+. The highest BCUT2D eigenvalue weighted by atomic mass is 32.1. The highest BCUT2D eigenvalue weighted by molar-refractivity contribution is 7.80. The first-order valence-electron chi connectivity index (χ1n) is 11.6. The Balaban J connectivity index is 1.59. The van der Waals surface area contributed by atoms with Gasteiger partial charge < -0.3 is 9.30 Å². The fourth-order valence-corrected chi connectivity index (χ4v) is 6.64. The van der Waals surface area contributed by atoms with Crippen LogP contribution in [-0.4, -0.2) is 28.6 Å². The normalized spacial score (nSPS) is 16.7. The molecule has 2 aromatic heterocycles. The number of hydrogen-bond acceptors (Lipinski definition) is 6. The highest BCUT2D eigenvalue weighted by Gasteiger charge is 2.36. The molecule has 1 aliphatic heterocycles. The van der Waals surface area contributed by atoms with E-state index in [0.29, 0.717) is 11.4 Å². The summed E-state index contributed by atoms with van der Waals surface area (Å²) in [7, 11) is 1.51. The van der Waals surface area contributed by atoms with E-state index in [0.717, 1.165) is 53.2 Å². The number of ether oxygens (including phenoxy) is 1. The molecule has 1 saturated heterocycles. The number of fused-ring (bicyclic) bond motifs is 1. The summed E-state index contributed by atoms with van der Waals surface area (Å²) in [5, 5.41) is 13.5. The Morgan fingerprint density at radius 2 is 1.94 bits per heavy atom. The molecule has 2 amide bonds. The molecule has 5 rings (SSSR count). The zero-order valence-electron chi connectivity index (χ0n) is 20.2. The number of methoxy groups -OCH3 is 1. The van der Waals surface area contributed by atoms with Crippen molar-refractivity contribution in [3.8, 4) is 16.8 Å². The zero-order chi connectivity index (χ0) is 25.6. The fraction of sp³-hybridized carbons (Fsp3) is 0.259. The molecule has 36 heavy (non-hydrogen) atoms. The number of nitriles is 1. The van der Waals surface area contributed by atoms with Crippen molar-refractivity contribution < 1.29 is 14.3 Å². The van der Waals surface area contributed by atoms with E-state index in [4.69, 9.17) is 17.0 Å². The minimum Gasteiger partial charge on any atom is -0.495 e. The first-order valence-corrected chi connectivity index (χ1v) is 12.9. The van der Waals surface area contributed by atoms with Gasteiger partial charge in [0.05, 0.1) is 18.4 Å². The van der Waals surface area contributed by atoms with E-state index < -0.39 is 11.8 Å². The summed E-state index contributed by atoms with van der Waals surface area (Å²) >= 11 is 6.99. The summed E-state index contributed by atoms with van der Waals surface area (Å²) in [5.41, 5.74) is 4.83. The third-order valence-electron chi connectivity index (χ3n) is 6.67. The van der Waals surface area contributed by atoms with Crippen LogP contribution in [0.4, 0.5) is 5.69 Å². The van der Waals surface area contributed by atoms with Gasteiger partial charge in [0.1, 0.15) is 22.4 Å². The molecular weight excluding hydrogens is 492 g/mol. The second-order valence-electron chi connectivity index (χ2n) is 8.79. The number of para-hydroxylation sites is 2. The van der Waals surface area contributed by atoms with E-state index in [1.807, 2.05) is 19.9 Å². The number of thiocarbonyl (C=S) groups is 1. The van der Waals surface area contributed by atoms with Gasteiger partial charge in [0.15, 0.2) is 5.11 Å². The van der Waals surface area contributed by atoms with Crippen LogP contribution < -0.4 is 15.0 Å². The quantitative estimate of drug-likeness (QED) is 0.307. The van der Waals surface area contributed by atoms with E-state index >= 15 is 0 Å². The number of benzene rings is 1. The molecule has 0 bridgehead atoms. The number of carbonyl (C=O) groups excluding carboxylic acids is 2. The molecule has 1 aliphatic carbocycles. The number of aromatic nitrogens is 1. The van der Waals surface area contributed by atoms with Crippen LogP contribution in [0.2, 0.25) is 0 Å². The summed E-state index contributed by atoms with van der Waals surface area (Å²) < 4.78 is 7.46. The van der Waals surface area contributed by atoms with Gasteiger partial charge in [0.25, 0.3) is 11.8 Å². The van der Waals surface area contributed by atoms with Crippen LogP contribution in [0.15, 0.2) is 35.9 Å². The molecule has 0 radical (unpaired) electrons. The van der Waals surface area contributed by atoms with Crippen LogP contribution in [0.25, 0.3) is 11.1 Å². The van der Waals surface area contributed by atoms with Gasteiger partial charge in [0.2, 0.25) is 0 Å². The van der Waals surface area contributed by atoms with Crippen LogP contribution >= 0.6 is 23.6 Å². The molecule has 1 fully saturated rings. The van der Waals surface area contributed by atoms with E-state index in [1.165, 1.54) is 22.5 Å². The van der Waals surface area contributed by atoms with Gasteiger partial charge in [0, 0.05) is 16.3 Å². The molecule has 7 nitrogen and oxygen atoms in total. The maximum absolute atomic E-state index is 13.5. The molecule has 182 valence electrons. The molecule has 3 heterocycles. The number of amides is 2. The van der Waals surface area contributed by atoms with Gasteiger partial charge in [-0.1, -0.05) is 12.1 Å². The maximum Gasteiger partial charge on any atom is 0.270 e. The van der Waals surface area contributed by atoms with E-state index in [1.54, 1.807) is 41.7 Å². The molecular formula is C27H24N4O3S2. The molecule has 0 saturated carbocycles. The molecule has 3 aromatic rings. The van der Waals surface area contributed by atoms with Crippen LogP contribution in [0.5, 0.6) is 5.75 Å². The molecule has 0 spiro atoms.